The summed E-state index contributed by atoms with van der Waals surface area (Å²) < 4.78 is 21.8. The molecule has 72 valence electrons. The lowest BCUT2D eigenvalue weighted by molar-refractivity contribution is 0.228. The monoisotopic (exact) mass is 192 g/mol. The van der Waals surface area contributed by atoms with E-state index < -0.39 is 7.60 Å². The van der Waals surface area contributed by atoms with Crippen LogP contribution in [0.2, 0.25) is 0 Å². The standard InChI is InChI=1S/C8H17O3P/c1-5-10-12(9,11-6-2)7-8(3)4/h7H,5-6H2,1-4H3. The highest BCUT2D eigenvalue weighted by atomic mass is 31.2. The lowest BCUT2D eigenvalue weighted by Crippen LogP contribution is -1.93. The lowest BCUT2D eigenvalue weighted by Gasteiger charge is -2.12. The molecule has 0 aromatic carbocycles. The van der Waals surface area contributed by atoms with Gasteiger partial charge in [-0.2, -0.15) is 0 Å². The quantitative estimate of drug-likeness (QED) is 0.627. The van der Waals surface area contributed by atoms with E-state index in [0.717, 1.165) is 5.57 Å². The topological polar surface area (TPSA) is 35.5 Å². The number of rotatable bonds is 5. The van der Waals surface area contributed by atoms with Crippen LogP contribution in [0.4, 0.5) is 0 Å². The molecular weight excluding hydrogens is 175 g/mol. The predicted octanol–water partition coefficient (Wildman–Crippen LogP) is 3.18. The van der Waals surface area contributed by atoms with Crippen molar-refractivity contribution in [1.29, 1.82) is 0 Å². The summed E-state index contributed by atoms with van der Waals surface area (Å²) in [7, 11) is -2.94. The van der Waals surface area contributed by atoms with Gasteiger partial charge in [-0.05, 0) is 27.7 Å². The van der Waals surface area contributed by atoms with Crippen LogP contribution in [-0.2, 0) is 13.6 Å². The minimum Gasteiger partial charge on any atom is -0.306 e. The Morgan fingerprint density at radius 2 is 1.67 bits per heavy atom. The van der Waals surface area contributed by atoms with Crippen molar-refractivity contribution in [2.45, 2.75) is 27.7 Å². The van der Waals surface area contributed by atoms with Crippen molar-refractivity contribution in [1.82, 2.24) is 0 Å². The predicted molar refractivity (Wildman–Crippen MR) is 50.3 cm³/mol. The minimum absolute atomic E-state index is 0.404. The Balaban J connectivity index is 4.40. The SMILES string of the molecule is CCOP(=O)(C=C(C)C)OCC. The van der Waals surface area contributed by atoms with Crippen LogP contribution in [0.1, 0.15) is 27.7 Å². The van der Waals surface area contributed by atoms with Gasteiger partial charge in [0, 0.05) is 5.82 Å². The van der Waals surface area contributed by atoms with Crippen LogP contribution >= 0.6 is 7.60 Å². The second-order valence-electron chi connectivity index (χ2n) is 2.58. The van der Waals surface area contributed by atoms with Gasteiger partial charge in [0.15, 0.2) is 0 Å². The van der Waals surface area contributed by atoms with Gasteiger partial charge in [0.2, 0.25) is 0 Å². The largest absolute Gasteiger partial charge is 0.354 e. The molecule has 0 radical (unpaired) electrons. The summed E-state index contributed by atoms with van der Waals surface area (Å²) >= 11 is 0. The molecule has 0 saturated heterocycles. The minimum atomic E-state index is -2.94. The maximum absolute atomic E-state index is 11.7. The molecule has 0 amide bonds. The summed E-state index contributed by atoms with van der Waals surface area (Å²) in [5.74, 6) is 1.56. The van der Waals surface area contributed by atoms with Gasteiger partial charge in [-0.1, -0.05) is 5.57 Å². The zero-order valence-corrected chi connectivity index (χ0v) is 9.06. The second kappa shape index (κ2) is 5.52. The van der Waals surface area contributed by atoms with Crippen LogP contribution in [0.5, 0.6) is 0 Å². The molecule has 3 nitrogen and oxygen atoms in total. The molecule has 0 aliphatic rings. The van der Waals surface area contributed by atoms with Crippen LogP contribution in [0.3, 0.4) is 0 Å². The van der Waals surface area contributed by atoms with Gasteiger partial charge in [0.1, 0.15) is 0 Å². The van der Waals surface area contributed by atoms with Gasteiger partial charge in [-0.3, -0.25) is 4.57 Å². The summed E-state index contributed by atoms with van der Waals surface area (Å²) in [5.41, 5.74) is 0.945. The average Bonchev–Trinajstić information content (AvgIpc) is 1.85. The van der Waals surface area contributed by atoms with E-state index >= 15 is 0 Å². The zero-order chi connectivity index (χ0) is 9.61. The van der Waals surface area contributed by atoms with Gasteiger partial charge in [-0.25, -0.2) is 0 Å². The van der Waals surface area contributed by atoms with E-state index in [0.29, 0.717) is 13.2 Å². The Morgan fingerprint density at radius 3 is 1.92 bits per heavy atom. The molecule has 0 aliphatic carbocycles. The maximum Gasteiger partial charge on any atom is 0.354 e. The Morgan fingerprint density at radius 1 is 1.25 bits per heavy atom. The van der Waals surface area contributed by atoms with E-state index in [9.17, 15) is 4.57 Å². The van der Waals surface area contributed by atoms with Crippen molar-refractivity contribution in [2.75, 3.05) is 13.2 Å². The molecule has 0 spiro atoms. The molecule has 0 saturated carbocycles. The normalized spacial score (nSPS) is 11.3. The molecule has 0 aliphatic heterocycles. The van der Waals surface area contributed by atoms with Crippen molar-refractivity contribution in [2.24, 2.45) is 0 Å². The Kier molecular flexibility index (Phi) is 5.47. The molecule has 4 heteroatoms. The molecule has 0 aromatic rings. The first kappa shape index (κ1) is 11.9. The van der Waals surface area contributed by atoms with Gasteiger partial charge < -0.3 is 9.05 Å². The molecule has 0 heterocycles. The first-order valence-corrected chi connectivity index (χ1v) is 5.70. The lowest BCUT2D eigenvalue weighted by atomic mass is 10.4. The summed E-state index contributed by atoms with van der Waals surface area (Å²) in [6, 6.07) is 0. The molecule has 12 heavy (non-hydrogen) atoms. The molecule has 0 unspecified atom stereocenters. The van der Waals surface area contributed by atoms with Crippen LogP contribution in [-0.4, -0.2) is 13.2 Å². The third-order valence-electron chi connectivity index (χ3n) is 1.03. The van der Waals surface area contributed by atoms with E-state index in [2.05, 4.69) is 0 Å². The first-order chi connectivity index (χ1) is 5.54. The maximum atomic E-state index is 11.7. The van der Waals surface area contributed by atoms with Gasteiger partial charge >= 0.3 is 7.60 Å². The molecule has 0 rings (SSSR count). The summed E-state index contributed by atoms with van der Waals surface area (Å²) in [5, 5.41) is 0. The van der Waals surface area contributed by atoms with Crippen molar-refractivity contribution < 1.29 is 13.6 Å². The summed E-state index contributed by atoms with van der Waals surface area (Å²) in [6.07, 6.45) is 0. The second-order valence-corrected chi connectivity index (χ2v) is 4.44. The number of hydrogen-bond acceptors (Lipinski definition) is 3. The van der Waals surface area contributed by atoms with Crippen LogP contribution in [0.15, 0.2) is 11.4 Å². The Labute approximate surface area is 74.3 Å². The third-order valence-corrected chi connectivity index (χ3v) is 3.10. The fraction of sp³-hybridized carbons (Fsp3) is 0.750. The van der Waals surface area contributed by atoms with E-state index in [4.69, 9.17) is 9.05 Å². The number of hydrogen-bond donors (Lipinski definition) is 0. The van der Waals surface area contributed by atoms with Gasteiger partial charge in [-0.15, -0.1) is 0 Å². The molecule has 0 atom stereocenters. The van der Waals surface area contributed by atoms with E-state index in [1.807, 2.05) is 13.8 Å². The van der Waals surface area contributed by atoms with Crippen LogP contribution < -0.4 is 0 Å². The summed E-state index contributed by atoms with van der Waals surface area (Å²) in [4.78, 5) is 0. The van der Waals surface area contributed by atoms with Crippen molar-refractivity contribution in [3.05, 3.63) is 11.4 Å². The smallest absolute Gasteiger partial charge is 0.306 e. The van der Waals surface area contributed by atoms with Gasteiger partial charge in [0.25, 0.3) is 0 Å². The molecule has 0 aromatic heterocycles. The van der Waals surface area contributed by atoms with E-state index in [1.54, 1.807) is 19.7 Å². The van der Waals surface area contributed by atoms with Crippen molar-refractivity contribution in [3.8, 4) is 0 Å². The summed E-state index contributed by atoms with van der Waals surface area (Å²) in [6.45, 7) is 8.13. The zero-order valence-electron chi connectivity index (χ0n) is 8.16. The fourth-order valence-corrected chi connectivity index (χ4v) is 2.36. The highest BCUT2D eigenvalue weighted by Crippen LogP contribution is 2.50. The van der Waals surface area contributed by atoms with Crippen LogP contribution in [0.25, 0.3) is 0 Å². The number of allylic oxidation sites excluding steroid dienone is 1. The van der Waals surface area contributed by atoms with E-state index in [-0.39, 0.29) is 0 Å². The highest BCUT2D eigenvalue weighted by molar-refractivity contribution is 7.57. The van der Waals surface area contributed by atoms with Gasteiger partial charge in [0.05, 0.1) is 13.2 Å². The highest BCUT2D eigenvalue weighted by Gasteiger charge is 2.18. The fourth-order valence-electron chi connectivity index (χ4n) is 0.788. The third kappa shape index (κ3) is 4.70. The molecule has 0 N–H and O–H groups in total. The average molecular weight is 192 g/mol. The molecule has 0 bridgehead atoms. The first-order valence-electron chi connectivity index (χ1n) is 4.09. The Hall–Kier alpha value is -0.110. The van der Waals surface area contributed by atoms with Crippen molar-refractivity contribution in [3.63, 3.8) is 0 Å². The molecular formula is C8H17O3P. The van der Waals surface area contributed by atoms with Crippen LogP contribution in [0, 0.1) is 0 Å². The van der Waals surface area contributed by atoms with E-state index in [1.165, 1.54) is 0 Å². The van der Waals surface area contributed by atoms with Crippen molar-refractivity contribution >= 4 is 7.60 Å². The Bertz CT molecular complexity index is 184. The molecule has 0 fully saturated rings.